The van der Waals surface area contributed by atoms with E-state index in [9.17, 15) is 9.59 Å². The van der Waals surface area contributed by atoms with Crippen LogP contribution in [0.2, 0.25) is 0 Å². The largest absolute Gasteiger partial charge is 0.493 e. The Morgan fingerprint density at radius 2 is 1.86 bits per heavy atom. The van der Waals surface area contributed by atoms with Gasteiger partial charge < -0.3 is 19.5 Å². The maximum Gasteiger partial charge on any atom is 0.332 e. The van der Waals surface area contributed by atoms with Gasteiger partial charge >= 0.3 is 5.97 Å². The predicted octanol–water partition coefficient (Wildman–Crippen LogP) is 1.90. The van der Waals surface area contributed by atoms with Crippen molar-refractivity contribution in [1.29, 1.82) is 0 Å². The highest BCUT2D eigenvalue weighted by Gasteiger charge is 2.11. The van der Waals surface area contributed by atoms with Crippen LogP contribution >= 0.6 is 0 Å². The number of hydrogen-bond acceptors (Lipinski definition) is 5. The van der Waals surface area contributed by atoms with Gasteiger partial charge in [0.2, 0.25) is 0 Å². The number of hydrogen-bond donors (Lipinski definition) is 1. The first-order chi connectivity index (χ1) is 10.0. The van der Waals surface area contributed by atoms with Crippen molar-refractivity contribution in [3.05, 3.63) is 35.5 Å². The van der Waals surface area contributed by atoms with Crippen molar-refractivity contribution in [2.75, 3.05) is 20.8 Å². The highest BCUT2D eigenvalue weighted by atomic mass is 16.5. The van der Waals surface area contributed by atoms with Crippen molar-refractivity contribution < 1.29 is 23.8 Å². The first kappa shape index (κ1) is 16.6. The van der Waals surface area contributed by atoms with Crippen LogP contribution in [0, 0.1) is 0 Å². The van der Waals surface area contributed by atoms with Crippen molar-refractivity contribution >= 4 is 11.9 Å². The number of benzene rings is 1. The molecule has 0 aromatic heterocycles. The first-order valence-electron chi connectivity index (χ1n) is 6.40. The van der Waals surface area contributed by atoms with Crippen molar-refractivity contribution in [2.24, 2.45) is 0 Å². The number of carbonyl (C=O) groups excluding carboxylic acids is 2. The minimum Gasteiger partial charge on any atom is -0.493 e. The fraction of sp³-hybridized carbons (Fsp3) is 0.333. The zero-order valence-corrected chi connectivity index (χ0v) is 12.6. The van der Waals surface area contributed by atoms with E-state index in [1.54, 1.807) is 32.0 Å². The van der Waals surface area contributed by atoms with Crippen LogP contribution in [0.4, 0.5) is 0 Å². The molecule has 0 aliphatic carbocycles. The Kier molecular flexibility index (Phi) is 6.26. The summed E-state index contributed by atoms with van der Waals surface area (Å²) in [7, 11) is 3.01. The molecule has 0 aliphatic rings. The molecule has 0 bridgehead atoms. The van der Waals surface area contributed by atoms with Crippen LogP contribution in [0.5, 0.6) is 11.5 Å². The SMILES string of the molecule is CCOC(=O)/C=C(\C)NC(=O)c1ccc(OC)c(OC)c1. The molecule has 0 spiro atoms. The highest BCUT2D eigenvalue weighted by molar-refractivity contribution is 5.96. The molecular weight excluding hydrogens is 274 g/mol. The molecule has 1 aromatic rings. The minimum atomic E-state index is -0.498. The number of carbonyl (C=O) groups is 2. The molecule has 6 nitrogen and oxygen atoms in total. The lowest BCUT2D eigenvalue weighted by Crippen LogP contribution is -2.22. The molecule has 1 amide bonds. The summed E-state index contributed by atoms with van der Waals surface area (Å²) in [4.78, 5) is 23.3. The third kappa shape index (κ3) is 4.83. The maximum absolute atomic E-state index is 12.1. The zero-order chi connectivity index (χ0) is 15.8. The summed E-state index contributed by atoms with van der Waals surface area (Å²) in [5.41, 5.74) is 0.789. The summed E-state index contributed by atoms with van der Waals surface area (Å²) >= 11 is 0. The Morgan fingerprint density at radius 3 is 2.43 bits per heavy atom. The van der Waals surface area contributed by atoms with Crippen LogP contribution in [0.25, 0.3) is 0 Å². The Bertz CT molecular complexity index is 551. The molecule has 0 aliphatic heterocycles. The summed E-state index contributed by atoms with van der Waals surface area (Å²) in [5.74, 6) is 0.140. The molecule has 0 fully saturated rings. The molecular formula is C15H19NO5. The highest BCUT2D eigenvalue weighted by Crippen LogP contribution is 2.27. The molecule has 0 atom stereocenters. The second-order valence-electron chi connectivity index (χ2n) is 4.10. The molecule has 0 heterocycles. The van der Waals surface area contributed by atoms with E-state index in [-0.39, 0.29) is 12.5 Å². The van der Waals surface area contributed by atoms with Crippen molar-refractivity contribution in [3.63, 3.8) is 0 Å². The quantitative estimate of drug-likeness (QED) is 0.640. The van der Waals surface area contributed by atoms with Gasteiger partial charge in [0.1, 0.15) is 0 Å². The topological polar surface area (TPSA) is 73.9 Å². The van der Waals surface area contributed by atoms with Crippen molar-refractivity contribution in [1.82, 2.24) is 5.32 Å². The standard InChI is InChI=1S/C15H19NO5/c1-5-21-14(17)8-10(2)16-15(18)11-6-7-12(19-3)13(9-11)20-4/h6-9H,5H2,1-4H3,(H,16,18)/b10-8+. The lowest BCUT2D eigenvalue weighted by molar-refractivity contribution is -0.137. The van der Waals surface area contributed by atoms with Crippen LogP contribution in [0.3, 0.4) is 0 Å². The first-order valence-corrected chi connectivity index (χ1v) is 6.40. The van der Waals surface area contributed by atoms with Crippen molar-refractivity contribution in [2.45, 2.75) is 13.8 Å². The smallest absolute Gasteiger partial charge is 0.332 e. The third-order valence-electron chi connectivity index (χ3n) is 2.58. The molecule has 0 saturated heterocycles. The van der Waals surface area contributed by atoms with Gasteiger partial charge in [-0.1, -0.05) is 0 Å². The van der Waals surface area contributed by atoms with Gasteiger partial charge in [-0.15, -0.1) is 0 Å². The van der Waals surface area contributed by atoms with E-state index in [0.29, 0.717) is 22.8 Å². The number of rotatable bonds is 6. The van der Waals surface area contributed by atoms with E-state index in [4.69, 9.17) is 14.2 Å². The molecule has 21 heavy (non-hydrogen) atoms. The molecule has 1 aromatic carbocycles. The average molecular weight is 293 g/mol. The molecule has 0 saturated carbocycles. The van der Waals surface area contributed by atoms with Gasteiger partial charge in [0.25, 0.3) is 5.91 Å². The van der Waals surface area contributed by atoms with Gasteiger partial charge in [0, 0.05) is 17.3 Å². The van der Waals surface area contributed by atoms with Gasteiger partial charge in [0.05, 0.1) is 20.8 Å². The fourth-order valence-corrected chi connectivity index (χ4v) is 1.63. The molecule has 114 valence electrons. The number of esters is 1. The Labute approximate surface area is 123 Å². The van der Waals surface area contributed by atoms with E-state index in [0.717, 1.165) is 0 Å². The average Bonchev–Trinajstić information content (AvgIpc) is 2.46. The van der Waals surface area contributed by atoms with Gasteiger partial charge in [-0.3, -0.25) is 4.79 Å². The van der Waals surface area contributed by atoms with Crippen molar-refractivity contribution in [3.8, 4) is 11.5 Å². The number of allylic oxidation sites excluding steroid dienone is 1. The maximum atomic E-state index is 12.1. The van der Waals surface area contributed by atoms with Crippen LogP contribution in [-0.4, -0.2) is 32.7 Å². The van der Waals surface area contributed by atoms with Gasteiger partial charge in [0.15, 0.2) is 11.5 Å². The lowest BCUT2D eigenvalue weighted by Gasteiger charge is -2.10. The van der Waals surface area contributed by atoms with E-state index in [1.165, 1.54) is 20.3 Å². The summed E-state index contributed by atoms with van der Waals surface area (Å²) in [6.45, 7) is 3.60. The third-order valence-corrected chi connectivity index (χ3v) is 2.58. The number of nitrogens with one attached hydrogen (secondary N) is 1. The number of ether oxygens (including phenoxy) is 3. The van der Waals surface area contributed by atoms with Crippen LogP contribution in [0.1, 0.15) is 24.2 Å². The molecule has 0 radical (unpaired) electrons. The molecule has 1 rings (SSSR count). The minimum absolute atomic E-state index is 0.284. The normalized spacial score (nSPS) is 10.8. The fourth-order valence-electron chi connectivity index (χ4n) is 1.63. The number of amides is 1. The Hall–Kier alpha value is -2.50. The van der Waals surface area contributed by atoms with E-state index >= 15 is 0 Å². The Morgan fingerprint density at radius 1 is 1.19 bits per heavy atom. The molecule has 1 N–H and O–H groups in total. The van der Waals surface area contributed by atoms with Crippen LogP contribution < -0.4 is 14.8 Å². The summed E-state index contributed by atoms with van der Waals surface area (Å²) in [5, 5.41) is 2.60. The molecule has 6 heteroatoms. The second-order valence-corrected chi connectivity index (χ2v) is 4.10. The van der Waals surface area contributed by atoms with E-state index in [1.807, 2.05) is 0 Å². The monoisotopic (exact) mass is 293 g/mol. The van der Waals surface area contributed by atoms with E-state index < -0.39 is 5.97 Å². The van der Waals surface area contributed by atoms with E-state index in [2.05, 4.69) is 5.32 Å². The lowest BCUT2D eigenvalue weighted by atomic mass is 10.2. The van der Waals surface area contributed by atoms with Gasteiger partial charge in [-0.25, -0.2) is 4.79 Å². The second kappa shape index (κ2) is 7.94. The molecule has 0 unspecified atom stereocenters. The predicted molar refractivity (Wildman–Crippen MR) is 77.4 cm³/mol. The summed E-state index contributed by atoms with van der Waals surface area (Å²) < 4.78 is 15.0. The Balaban J connectivity index is 2.82. The van der Waals surface area contributed by atoms with Crippen LogP contribution in [-0.2, 0) is 9.53 Å². The summed E-state index contributed by atoms with van der Waals surface area (Å²) in [6.07, 6.45) is 1.22. The zero-order valence-electron chi connectivity index (χ0n) is 12.6. The summed E-state index contributed by atoms with van der Waals surface area (Å²) in [6, 6.07) is 4.80. The van der Waals surface area contributed by atoms with Gasteiger partial charge in [-0.2, -0.15) is 0 Å². The van der Waals surface area contributed by atoms with Gasteiger partial charge in [-0.05, 0) is 32.0 Å². The number of methoxy groups -OCH3 is 2. The van der Waals surface area contributed by atoms with Crippen LogP contribution in [0.15, 0.2) is 30.0 Å².